The minimum Gasteiger partial charge on any atom is -0.350 e. The van der Waals surface area contributed by atoms with Gasteiger partial charge in [0.05, 0.1) is 0 Å². The number of carbonyl (C=O) groups is 1. The van der Waals surface area contributed by atoms with Crippen molar-refractivity contribution in [3.8, 4) is 0 Å². The van der Waals surface area contributed by atoms with Gasteiger partial charge in [-0.1, -0.05) is 25.1 Å². The lowest BCUT2D eigenvalue weighted by molar-refractivity contribution is -0.114. The van der Waals surface area contributed by atoms with Gasteiger partial charge in [0.25, 0.3) is 0 Å². The molecule has 2 aliphatic heterocycles. The Hall–Kier alpha value is -2.37. The summed E-state index contributed by atoms with van der Waals surface area (Å²) in [6, 6.07) is 11.3. The zero-order valence-electron chi connectivity index (χ0n) is 19.1. The molecule has 1 aromatic heterocycles. The van der Waals surface area contributed by atoms with Crippen LogP contribution in [0.4, 0.5) is 5.69 Å². The van der Waals surface area contributed by atoms with Gasteiger partial charge in [-0.25, -0.2) is 0 Å². The number of allylic oxidation sites excluding steroid dienone is 1. The number of likely N-dealkylation sites (tertiary alicyclic amines) is 1. The van der Waals surface area contributed by atoms with Crippen molar-refractivity contribution >= 4 is 34.2 Å². The molecule has 1 atom stereocenters. The van der Waals surface area contributed by atoms with E-state index in [4.69, 9.17) is 0 Å². The molecule has 0 radical (unpaired) electrons. The first kappa shape index (κ1) is 21.8. The lowest BCUT2D eigenvalue weighted by atomic mass is 9.96. The molecular weight excluding hydrogens is 402 g/mol. The van der Waals surface area contributed by atoms with E-state index in [0.717, 1.165) is 30.6 Å². The number of benzene rings is 1. The fourth-order valence-electron chi connectivity index (χ4n) is 4.67. The first-order chi connectivity index (χ1) is 15.0. The van der Waals surface area contributed by atoms with Crippen molar-refractivity contribution in [2.24, 2.45) is 0 Å². The van der Waals surface area contributed by atoms with Crippen LogP contribution in [0.1, 0.15) is 60.9 Å². The summed E-state index contributed by atoms with van der Waals surface area (Å²) in [4.78, 5) is 19.2. The van der Waals surface area contributed by atoms with Crippen LogP contribution >= 0.6 is 11.3 Å². The molecule has 2 aliphatic rings. The van der Waals surface area contributed by atoms with Crippen LogP contribution in [0, 0.1) is 0 Å². The largest absolute Gasteiger partial charge is 0.350 e. The van der Waals surface area contributed by atoms with E-state index < -0.39 is 0 Å². The minimum absolute atomic E-state index is 0.0460. The number of carbonyl (C=O) groups excluding carboxylic acids is 1. The van der Waals surface area contributed by atoms with Gasteiger partial charge in [-0.3, -0.25) is 4.79 Å². The summed E-state index contributed by atoms with van der Waals surface area (Å²) in [7, 11) is 2.13. The van der Waals surface area contributed by atoms with Crippen LogP contribution in [-0.2, 0) is 11.2 Å². The van der Waals surface area contributed by atoms with E-state index in [9.17, 15) is 4.79 Å². The van der Waals surface area contributed by atoms with Crippen molar-refractivity contribution in [2.75, 3.05) is 25.5 Å². The number of nitrogens with zero attached hydrogens (tertiary/aromatic N) is 2. The highest BCUT2D eigenvalue weighted by Gasteiger charge is 2.25. The maximum Gasteiger partial charge on any atom is 0.221 e. The normalized spacial score (nSPS) is 20.1. The molecule has 4 nitrogen and oxygen atoms in total. The molecule has 4 rings (SSSR count). The van der Waals surface area contributed by atoms with Crippen molar-refractivity contribution in [1.29, 1.82) is 0 Å². The Kier molecular flexibility index (Phi) is 6.63. The number of fused-ring (bicyclic) bond motifs is 1. The smallest absolute Gasteiger partial charge is 0.221 e. The molecule has 5 heteroatoms. The first-order valence-corrected chi connectivity index (χ1v) is 12.2. The summed E-state index contributed by atoms with van der Waals surface area (Å²) in [5, 5.41) is 2.92. The topological polar surface area (TPSA) is 35.6 Å². The van der Waals surface area contributed by atoms with E-state index in [2.05, 4.69) is 66.5 Å². The molecule has 164 valence electrons. The Morgan fingerprint density at radius 1 is 1.32 bits per heavy atom. The van der Waals surface area contributed by atoms with Gasteiger partial charge in [0.15, 0.2) is 0 Å². The van der Waals surface area contributed by atoms with Crippen molar-refractivity contribution in [3.05, 3.63) is 63.5 Å². The average Bonchev–Trinajstić information content (AvgIpc) is 3.34. The zero-order valence-corrected chi connectivity index (χ0v) is 19.9. The Bertz CT molecular complexity index is 1020. The molecule has 0 bridgehead atoms. The Labute approximate surface area is 190 Å². The van der Waals surface area contributed by atoms with E-state index >= 15 is 0 Å². The number of hydrogen-bond acceptors (Lipinski definition) is 4. The van der Waals surface area contributed by atoms with E-state index in [0.29, 0.717) is 6.04 Å². The molecule has 0 aliphatic carbocycles. The number of hydrogen-bond donors (Lipinski definition) is 1. The van der Waals surface area contributed by atoms with E-state index in [1.165, 1.54) is 46.0 Å². The molecule has 1 saturated heterocycles. The summed E-state index contributed by atoms with van der Waals surface area (Å²) in [6.07, 6.45) is 9.32. The van der Waals surface area contributed by atoms with Gasteiger partial charge >= 0.3 is 0 Å². The van der Waals surface area contributed by atoms with Gasteiger partial charge < -0.3 is 15.1 Å². The monoisotopic (exact) mass is 435 g/mol. The third-order valence-electron chi connectivity index (χ3n) is 6.23. The van der Waals surface area contributed by atoms with Gasteiger partial charge in [0.2, 0.25) is 5.91 Å². The van der Waals surface area contributed by atoms with Gasteiger partial charge in [-0.05, 0) is 62.9 Å². The molecule has 1 amide bonds. The third kappa shape index (κ3) is 4.78. The SMILES string of the molecule is CC/C=C1/c2cc(CCN3CCCC3C)sc2C(c2cccc(NC(C)=O)c2)=CN1C. The maximum absolute atomic E-state index is 11.5. The minimum atomic E-state index is -0.0460. The molecule has 1 aromatic carbocycles. The third-order valence-corrected chi connectivity index (χ3v) is 7.46. The molecule has 3 heterocycles. The summed E-state index contributed by atoms with van der Waals surface area (Å²) in [6.45, 7) is 8.47. The number of amides is 1. The van der Waals surface area contributed by atoms with Crippen LogP contribution in [0.2, 0.25) is 0 Å². The summed E-state index contributed by atoms with van der Waals surface area (Å²) in [5.41, 5.74) is 5.82. The van der Waals surface area contributed by atoms with Crippen LogP contribution in [0.25, 0.3) is 11.3 Å². The van der Waals surface area contributed by atoms with Crippen LogP contribution in [0.5, 0.6) is 0 Å². The summed E-state index contributed by atoms with van der Waals surface area (Å²) >= 11 is 1.92. The molecule has 1 N–H and O–H groups in total. The Morgan fingerprint density at radius 3 is 2.87 bits per heavy atom. The molecule has 31 heavy (non-hydrogen) atoms. The first-order valence-electron chi connectivity index (χ1n) is 11.4. The lowest BCUT2D eigenvalue weighted by Crippen LogP contribution is -2.28. The molecular formula is C26H33N3OS. The Morgan fingerprint density at radius 2 is 2.16 bits per heavy atom. The Balaban J connectivity index is 1.67. The second-order valence-corrected chi connectivity index (χ2v) is 9.78. The molecule has 1 unspecified atom stereocenters. The highest BCUT2D eigenvalue weighted by molar-refractivity contribution is 7.13. The van der Waals surface area contributed by atoms with Crippen LogP contribution in [0.3, 0.4) is 0 Å². The van der Waals surface area contributed by atoms with E-state index in [-0.39, 0.29) is 5.91 Å². The maximum atomic E-state index is 11.5. The van der Waals surface area contributed by atoms with E-state index in [1.807, 2.05) is 23.5 Å². The average molecular weight is 436 g/mol. The molecule has 0 saturated carbocycles. The fourth-order valence-corrected chi connectivity index (χ4v) is 5.85. The number of rotatable bonds is 6. The lowest BCUT2D eigenvalue weighted by Gasteiger charge is -2.26. The van der Waals surface area contributed by atoms with Crippen molar-refractivity contribution < 1.29 is 4.79 Å². The number of nitrogens with one attached hydrogen (secondary N) is 1. The van der Waals surface area contributed by atoms with Crippen LogP contribution in [0.15, 0.2) is 42.6 Å². The quantitative estimate of drug-likeness (QED) is 0.621. The zero-order chi connectivity index (χ0) is 22.0. The number of anilines is 1. The van der Waals surface area contributed by atoms with Crippen molar-refractivity contribution in [2.45, 2.75) is 52.5 Å². The van der Waals surface area contributed by atoms with Gasteiger partial charge in [-0.15, -0.1) is 11.3 Å². The highest BCUT2D eigenvalue weighted by Crippen LogP contribution is 2.42. The van der Waals surface area contributed by atoms with Crippen LogP contribution in [-0.4, -0.2) is 41.9 Å². The van der Waals surface area contributed by atoms with Gasteiger partial charge in [0, 0.05) is 65.0 Å². The fraction of sp³-hybridized carbons (Fsp3) is 0.423. The molecule has 0 spiro atoms. The second kappa shape index (κ2) is 9.41. The predicted molar refractivity (Wildman–Crippen MR) is 132 cm³/mol. The van der Waals surface area contributed by atoms with Gasteiger partial charge in [0.1, 0.15) is 0 Å². The van der Waals surface area contributed by atoms with Crippen molar-refractivity contribution in [1.82, 2.24) is 9.80 Å². The van der Waals surface area contributed by atoms with E-state index in [1.54, 1.807) is 6.92 Å². The predicted octanol–water partition coefficient (Wildman–Crippen LogP) is 5.82. The van der Waals surface area contributed by atoms with Crippen molar-refractivity contribution in [3.63, 3.8) is 0 Å². The number of thiophene rings is 1. The molecule has 1 fully saturated rings. The summed E-state index contributed by atoms with van der Waals surface area (Å²) in [5.74, 6) is -0.0460. The molecule has 2 aromatic rings. The van der Waals surface area contributed by atoms with Gasteiger partial charge in [-0.2, -0.15) is 0 Å². The van der Waals surface area contributed by atoms with Crippen LogP contribution < -0.4 is 5.32 Å². The second-order valence-electron chi connectivity index (χ2n) is 8.65. The highest BCUT2D eigenvalue weighted by atomic mass is 32.1. The standard InChI is InChI=1S/C26H33N3OS/c1-5-8-25-23-16-22(12-14-29-13-7-9-18(29)2)31-26(23)24(17-28(25)4)20-10-6-11-21(15-20)27-19(3)30/h6,8,10-11,15-18H,5,7,9,12-14H2,1-4H3,(H,27,30)/b25-8-. The summed E-state index contributed by atoms with van der Waals surface area (Å²) < 4.78 is 0.